The number of hydrogen-bond donors (Lipinski definition) is 0. The van der Waals surface area contributed by atoms with E-state index in [1.165, 1.54) is 19.5 Å². The third-order valence-electron chi connectivity index (χ3n) is 5.07. The molecule has 0 aromatic heterocycles. The van der Waals surface area contributed by atoms with Crippen molar-refractivity contribution in [1.82, 2.24) is 0 Å². The summed E-state index contributed by atoms with van der Waals surface area (Å²) in [6.45, 7) is 16.5. The number of quaternary nitrogens is 2. The molecule has 2 nitrogen and oxygen atoms in total. The molecule has 0 N–H and O–H groups in total. The van der Waals surface area contributed by atoms with Crippen LogP contribution in [0.25, 0.3) is 0 Å². The van der Waals surface area contributed by atoms with Crippen LogP contribution in [0.2, 0.25) is 0 Å². The van der Waals surface area contributed by atoms with Crippen molar-refractivity contribution < 1.29 is 8.97 Å². The van der Waals surface area contributed by atoms with Gasteiger partial charge in [0.15, 0.2) is 0 Å². The Bertz CT molecular complexity index is 213. The number of nitrogens with zero attached hydrogens (tertiary/aromatic N) is 2. The summed E-state index contributed by atoms with van der Waals surface area (Å²) in [5, 5.41) is 0. The van der Waals surface area contributed by atoms with Crippen molar-refractivity contribution in [2.75, 3.05) is 41.3 Å². The lowest BCUT2D eigenvalue weighted by Crippen LogP contribution is -2.58. The van der Waals surface area contributed by atoms with Gasteiger partial charge in [0.2, 0.25) is 0 Å². The van der Waals surface area contributed by atoms with Gasteiger partial charge in [-0.1, -0.05) is 0 Å². The van der Waals surface area contributed by atoms with E-state index in [2.05, 4.69) is 69.7 Å². The predicted octanol–water partition coefficient (Wildman–Crippen LogP) is 3.13. The summed E-state index contributed by atoms with van der Waals surface area (Å²) in [4.78, 5) is 0. The van der Waals surface area contributed by atoms with Gasteiger partial charge in [-0.3, -0.25) is 0 Å². The van der Waals surface area contributed by atoms with Gasteiger partial charge in [-0.25, -0.2) is 0 Å². The highest BCUT2D eigenvalue weighted by molar-refractivity contribution is 4.62. The van der Waals surface area contributed by atoms with Crippen LogP contribution in [-0.2, 0) is 0 Å². The van der Waals surface area contributed by atoms with E-state index in [1.54, 1.807) is 0 Å². The largest absolute Gasteiger partial charge is 0.324 e. The predicted molar refractivity (Wildman–Crippen MR) is 78.1 cm³/mol. The molecule has 17 heavy (non-hydrogen) atoms. The van der Waals surface area contributed by atoms with E-state index < -0.39 is 0 Å². The van der Waals surface area contributed by atoms with Gasteiger partial charge >= 0.3 is 0 Å². The molecule has 2 heteroatoms. The summed E-state index contributed by atoms with van der Waals surface area (Å²) in [5.74, 6) is 0. The molecule has 0 radical (unpaired) electrons. The molecule has 0 amide bonds. The van der Waals surface area contributed by atoms with E-state index in [4.69, 9.17) is 0 Å². The topological polar surface area (TPSA) is 0 Å². The molecular formula is C15H36N2+2. The maximum Gasteiger partial charge on any atom is 0.0903 e. The van der Waals surface area contributed by atoms with Crippen molar-refractivity contribution >= 4 is 0 Å². The SMILES string of the molecule is CC(C)(C)[N+](C)(C)CCC[N+](C)(C)C(C)(C)C. The molecule has 0 unspecified atom stereocenters. The molecule has 0 aromatic rings. The van der Waals surface area contributed by atoms with Crippen LogP contribution in [0, 0.1) is 0 Å². The van der Waals surface area contributed by atoms with Crippen LogP contribution in [0.3, 0.4) is 0 Å². The summed E-state index contributed by atoms with van der Waals surface area (Å²) in [7, 11) is 9.38. The molecule has 0 aliphatic carbocycles. The minimum absolute atomic E-state index is 0.332. The molecular weight excluding hydrogens is 208 g/mol. The lowest BCUT2D eigenvalue weighted by molar-refractivity contribution is -0.953. The highest BCUT2D eigenvalue weighted by Gasteiger charge is 2.34. The van der Waals surface area contributed by atoms with Crippen molar-refractivity contribution in [3.63, 3.8) is 0 Å². The summed E-state index contributed by atoms with van der Waals surface area (Å²) in [6, 6.07) is 0. The van der Waals surface area contributed by atoms with E-state index >= 15 is 0 Å². The first kappa shape index (κ1) is 16.9. The monoisotopic (exact) mass is 244 g/mol. The van der Waals surface area contributed by atoms with Gasteiger partial charge in [0.1, 0.15) is 0 Å². The molecule has 0 heterocycles. The Morgan fingerprint density at radius 1 is 0.588 bits per heavy atom. The molecule has 0 aliphatic rings. The van der Waals surface area contributed by atoms with Crippen LogP contribution in [0.4, 0.5) is 0 Å². The molecule has 0 fully saturated rings. The molecule has 0 spiro atoms. The summed E-state index contributed by atoms with van der Waals surface area (Å²) in [6.07, 6.45) is 1.29. The maximum atomic E-state index is 2.34. The third kappa shape index (κ3) is 4.59. The normalized spacial score (nSPS) is 15.2. The first-order valence-corrected chi connectivity index (χ1v) is 6.87. The fraction of sp³-hybridized carbons (Fsp3) is 1.00. The van der Waals surface area contributed by atoms with Crippen molar-refractivity contribution in [3.8, 4) is 0 Å². The van der Waals surface area contributed by atoms with Crippen molar-refractivity contribution in [1.29, 1.82) is 0 Å². The van der Waals surface area contributed by atoms with E-state index in [0.717, 1.165) is 8.97 Å². The van der Waals surface area contributed by atoms with Crippen LogP contribution >= 0.6 is 0 Å². The van der Waals surface area contributed by atoms with Crippen molar-refractivity contribution in [2.24, 2.45) is 0 Å². The van der Waals surface area contributed by atoms with E-state index in [9.17, 15) is 0 Å². The van der Waals surface area contributed by atoms with Gasteiger partial charge in [-0.15, -0.1) is 0 Å². The number of hydrogen-bond acceptors (Lipinski definition) is 0. The van der Waals surface area contributed by atoms with Crippen molar-refractivity contribution in [3.05, 3.63) is 0 Å². The van der Waals surface area contributed by atoms with E-state index in [-0.39, 0.29) is 0 Å². The molecule has 0 bridgehead atoms. The maximum absolute atomic E-state index is 2.34. The first-order valence-electron chi connectivity index (χ1n) is 6.87. The Kier molecular flexibility index (Phi) is 4.87. The average Bonchev–Trinajstić information content (AvgIpc) is 1.98. The smallest absolute Gasteiger partial charge is 0.0903 e. The molecule has 0 rings (SSSR count). The van der Waals surface area contributed by atoms with Crippen molar-refractivity contribution in [2.45, 2.75) is 59.0 Å². The zero-order chi connectivity index (χ0) is 14.1. The Morgan fingerprint density at radius 3 is 1.00 bits per heavy atom. The molecule has 0 atom stereocenters. The van der Waals surface area contributed by atoms with Gasteiger partial charge in [0, 0.05) is 6.42 Å². The highest BCUT2D eigenvalue weighted by atomic mass is 15.4. The second-order valence-corrected chi connectivity index (χ2v) is 8.51. The zero-order valence-corrected chi connectivity index (χ0v) is 14.0. The Morgan fingerprint density at radius 2 is 0.824 bits per heavy atom. The minimum atomic E-state index is 0.332. The highest BCUT2D eigenvalue weighted by Crippen LogP contribution is 2.22. The second-order valence-electron chi connectivity index (χ2n) is 8.51. The van der Waals surface area contributed by atoms with Gasteiger partial charge < -0.3 is 8.97 Å². The molecule has 0 aromatic carbocycles. The lowest BCUT2D eigenvalue weighted by Gasteiger charge is -2.45. The van der Waals surface area contributed by atoms with Crippen LogP contribution in [0.15, 0.2) is 0 Å². The molecule has 104 valence electrons. The minimum Gasteiger partial charge on any atom is -0.324 e. The number of rotatable bonds is 4. The molecule has 0 saturated carbocycles. The standard InChI is InChI=1S/C15H36N2/c1-14(2,3)16(7,8)12-11-13-17(9,10)15(4,5)6/h11-13H2,1-10H3/q+2. The van der Waals surface area contributed by atoms with E-state index in [1.807, 2.05) is 0 Å². The zero-order valence-electron chi connectivity index (χ0n) is 14.0. The second kappa shape index (κ2) is 4.89. The Labute approximate surface area is 110 Å². The fourth-order valence-electron chi connectivity index (χ4n) is 1.53. The molecule has 0 aliphatic heterocycles. The summed E-state index contributed by atoms with van der Waals surface area (Å²) in [5.41, 5.74) is 0.664. The lowest BCUT2D eigenvalue weighted by atomic mass is 10.0. The Balaban J connectivity index is 4.36. The summed E-state index contributed by atoms with van der Waals surface area (Å²) >= 11 is 0. The van der Waals surface area contributed by atoms with Gasteiger partial charge in [-0.05, 0) is 41.5 Å². The van der Waals surface area contributed by atoms with Crippen LogP contribution < -0.4 is 0 Å². The Hall–Kier alpha value is -0.0800. The molecule has 0 saturated heterocycles. The fourth-order valence-corrected chi connectivity index (χ4v) is 1.53. The van der Waals surface area contributed by atoms with Gasteiger partial charge in [0.05, 0.1) is 52.4 Å². The van der Waals surface area contributed by atoms with Crippen LogP contribution in [-0.4, -0.2) is 61.3 Å². The van der Waals surface area contributed by atoms with Gasteiger partial charge in [-0.2, -0.15) is 0 Å². The average molecular weight is 244 g/mol. The summed E-state index contributed by atoms with van der Waals surface area (Å²) < 4.78 is 2.19. The quantitative estimate of drug-likeness (QED) is 0.667. The van der Waals surface area contributed by atoms with E-state index in [0.29, 0.717) is 11.1 Å². The first-order chi connectivity index (χ1) is 7.21. The van der Waals surface area contributed by atoms with Gasteiger partial charge in [0.25, 0.3) is 0 Å². The van der Waals surface area contributed by atoms with Crippen LogP contribution in [0.1, 0.15) is 48.0 Å². The van der Waals surface area contributed by atoms with Crippen LogP contribution in [0.5, 0.6) is 0 Å². The third-order valence-corrected chi connectivity index (χ3v) is 5.07.